The zero-order valence-corrected chi connectivity index (χ0v) is 11.4. The molecule has 0 aliphatic carbocycles. The van der Waals surface area contributed by atoms with Crippen molar-refractivity contribution in [2.24, 2.45) is 0 Å². The molecule has 0 aliphatic rings. The second-order valence-corrected chi connectivity index (χ2v) is 5.14. The molecule has 1 N–H and O–H groups in total. The maximum Gasteiger partial charge on any atom is 0.0798 e. The molecule has 0 fully saturated rings. The van der Waals surface area contributed by atoms with Crippen LogP contribution in [0.2, 0.25) is 0 Å². The lowest BCUT2D eigenvalue weighted by Crippen LogP contribution is -2.24. The minimum atomic E-state index is 1.03. The molecule has 0 unspecified atom stereocenters. The van der Waals surface area contributed by atoms with E-state index in [0.29, 0.717) is 0 Å². The second kappa shape index (κ2) is 7.76. The molecule has 0 spiro atoms. The fourth-order valence-corrected chi connectivity index (χ4v) is 2.43. The van der Waals surface area contributed by atoms with Gasteiger partial charge in [0.25, 0.3) is 0 Å². The number of aryl methyl sites for hydroxylation is 1. The molecule has 16 heavy (non-hydrogen) atoms. The molecule has 1 heterocycles. The summed E-state index contributed by atoms with van der Waals surface area (Å²) in [7, 11) is 2.18. The Morgan fingerprint density at radius 3 is 2.88 bits per heavy atom. The SMILES string of the molecule is CCCNCCCN(C)Cc1scnc1C. The highest BCUT2D eigenvalue weighted by atomic mass is 32.1. The van der Waals surface area contributed by atoms with E-state index in [2.05, 4.69) is 36.1 Å². The average Bonchev–Trinajstić information content (AvgIpc) is 2.64. The largest absolute Gasteiger partial charge is 0.317 e. The van der Waals surface area contributed by atoms with Gasteiger partial charge in [-0.05, 0) is 46.4 Å². The van der Waals surface area contributed by atoms with Crippen LogP contribution in [0.25, 0.3) is 0 Å². The van der Waals surface area contributed by atoms with Crippen LogP contribution in [0.4, 0.5) is 0 Å². The summed E-state index contributed by atoms with van der Waals surface area (Å²) in [6.45, 7) is 8.73. The Labute approximate surface area is 103 Å². The number of aromatic nitrogens is 1. The quantitative estimate of drug-likeness (QED) is 0.708. The fraction of sp³-hybridized carbons (Fsp3) is 0.750. The topological polar surface area (TPSA) is 28.2 Å². The Bertz CT molecular complexity index is 286. The van der Waals surface area contributed by atoms with E-state index in [1.54, 1.807) is 11.3 Å². The third-order valence-corrected chi connectivity index (χ3v) is 3.50. The van der Waals surface area contributed by atoms with Crippen LogP contribution in [-0.4, -0.2) is 36.6 Å². The Balaban J connectivity index is 2.11. The van der Waals surface area contributed by atoms with Gasteiger partial charge in [-0.25, -0.2) is 4.98 Å². The first-order valence-electron chi connectivity index (χ1n) is 6.02. The summed E-state index contributed by atoms with van der Waals surface area (Å²) >= 11 is 1.76. The van der Waals surface area contributed by atoms with Crippen LogP contribution in [0.3, 0.4) is 0 Å². The zero-order valence-electron chi connectivity index (χ0n) is 10.6. The Morgan fingerprint density at radius 2 is 2.25 bits per heavy atom. The lowest BCUT2D eigenvalue weighted by molar-refractivity contribution is 0.321. The minimum absolute atomic E-state index is 1.03. The molecule has 3 nitrogen and oxygen atoms in total. The Hall–Kier alpha value is -0.450. The molecule has 0 amide bonds. The number of nitrogens with one attached hydrogen (secondary N) is 1. The van der Waals surface area contributed by atoms with Crippen LogP contribution < -0.4 is 5.32 Å². The van der Waals surface area contributed by atoms with E-state index in [0.717, 1.165) is 26.2 Å². The first kappa shape index (κ1) is 13.6. The number of thiazole rings is 1. The molecule has 0 atom stereocenters. The van der Waals surface area contributed by atoms with Gasteiger partial charge < -0.3 is 10.2 Å². The maximum absolute atomic E-state index is 4.27. The number of hydrogen-bond acceptors (Lipinski definition) is 4. The molecule has 1 rings (SSSR count). The van der Waals surface area contributed by atoms with Crippen molar-refractivity contribution in [3.8, 4) is 0 Å². The molecule has 0 aliphatic heterocycles. The molecule has 1 aromatic rings. The third-order valence-electron chi connectivity index (χ3n) is 2.58. The number of hydrogen-bond donors (Lipinski definition) is 1. The van der Waals surface area contributed by atoms with Crippen LogP contribution >= 0.6 is 11.3 Å². The third kappa shape index (κ3) is 5.05. The highest BCUT2D eigenvalue weighted by Gasteiger charge is 2.04. The normalized spacial score (nSPS) is 11.2. The van der Waals surface area contributed by atoms with E-state index in [1.165, 1.54) is 23.4 Å². The second-order valence-electron chi connectivity index (χ2n) is 4.20. The van der Waals surface area contributed by atoms with Crippen LogP contribution in [0, 0.1) is 6.92 Å². The first-order valence-corrected chi connectivity index (χ1v) is 6.90. The van der Waals surface area contributed by atoms with Crippen LogP contribution in [0.1, 0.15) is 30.3 Å². The van der Waals surface area contributed by atoms with Gasteiger partial charge in [0.05, 0.1) is 11.2 Å². The maximum atomic E-state index is 4.27. The van der Waals surface area contributed by atoms with Crippen molar-refractivity contribution in [1.82, 2.24) is 15.2 Å². The van der Waals surface area contributed by atoms with Crippen molar-refractivity contribution in [2.45, 2.75) is 33.2 Å². The molecular weight excluding hydrogens is 218 g/mol. The Morgan fingerprint density at radius 1 is 1.44 bits per heavy atom. The highest BCUT2D eigenvalue weighted by Crippen LogP contribution is 2.13. The lowest BCUT2D eigenvalue weighted by atomic mass is 10.3. The summed E-state index contributed by atoms with van der Waals surface area (Å²) in [5.41, 5.74) is 3.11. The molecule has 0 radical (unpaired) electrons. The van der Waals surface area contributed by atoms with E-state index >= 15 is 0 Å². The van der Waals surface area contributed by atoms with E-state index in [4.69, 9.17) is 0 Å². The van der Waals surface area contributed by atoms with Crippen molar-refractivity contribution in [3.63, 3.8) is 0 Å². The van der Waals surface area contributed by atoms with E-state index in [1.807, 2.05) is 5.51 Å². The van der Waals surface area contributed by atoms with Gasteiger partial charge in [0, 0.05) is 11.4 Å². The molecule has 0 saturated heterocycles. The van der Waals surface area contributed by atoms with Gasteiger partial charge >= 0.3 is 0 Å². The summed E-state index contributed by atoms with van der Waals surface area (Å²) in [6, 6.07) is 0. The monoisotopic (exact) mass is 241 g/mol. The molecule has 4 heteroatoms. The Kier molecular flexibility index (Phi) is 6.61. The van der Waals surface area contributed by atoms with Crippen molar-refractivity contribution in [1.29, 1.82) is 0 Å². The molecule has 0 bridgehead atoms. The van der Waals surface area contributed by atoms with Gasteiger partial charge in [-0.3, -0.25) is 0 Å². The summed E-state index contributed by atoms with van der Waals surface area (Å²) < 4.78 is 0. The van der Waals surface area contributed by atoms with Gasteiger partial charge in [-0.2, -0.15) is 0 Å². The summed E-state index contributed by atoms with van der Waals surface area (Å²) in [6.07, 6.45) is 2.43. The van der Waals surface area contributed by atoms with Crippen molar-refractivity contribution < 1.29 is 0 Å². The van der Waals surface area contributed by atoms with Gasteiger partial charge in [-0.1, -0.05) is 6.92 Å². The summed E-state index contributed by atoms with van der Waals surface area (Å²) in [4.78, 5) is 8.03. The number of nitrogens with zero attached hydrogens (tertiary/aromatic N) is 2. The van der Waals surface area contributed by atoms with Crippen LogP contribution in [0.15, 0.2) is 5.51 Å². The molecular formula is C12H23N3S. The summed E-state index contributed by atoms with van der Waals surface area (Å²) in [5.74, 6) is 0. The fourth-order valence-electron chi connectivity index (χ4n) is 1.58. The lowest BCUT2D eigenvalue weighted by Gasteiger charge is -2.15. The van der Waals surface area contributed by atoms with Crippen molar-refractivity contribution in [3.05, 3.63) is 16.1 Å². The molecule has 92 valence electrons. The van der Waals surface area contributed by atoms with Crippen molar-refractivity contribution in [2.75, 3.05) is 26.7 Å². The zero-order chi connectivity index (χ0) is 11.8. The molecule has 0 saturated carbocycles. The minimum Gasteiger partial charge on any atom is -0.317 e. The smallest absolute Gasteiger partial charge is 0.0798 e. The van der Waals surface area contributed by atoms with Gasteiger partial charge in [0.1, 0.15) is 0 Å². The van der Waals surface area contributed by atoms with Crippen LogP contribution in [-0.2, 0) is 6.54 Å². The number of rotatable bonds is 8. The average molecular weight is 241 g/mol. The predicted octanol–water partition coefficient (Wildman–Crippen LogP) is 2.27. The summed E-state index contributed by atoms with van der Waals surface area (Å²) in [5, 5.41) is 3.42. The van der Waals surface area contributed by atoms with Gasteiger partial charge in [0.2, 0.25) is 0 Å². The molecule has 1 aromatic heterocycles. The molecule has 0 aromatic carbocycles. The standard InChI is InChI=1S/C12H23N3S/c1-4-6-13-7-5-8-15(3)9-12-11(2)14-10-16-12/h10,13H,4-9H2,1-3H3. The van der Waals surface area contributed by atoms with Crippen molar-refractivity contribution >= 4 is 11.3 Å². The van der Waals surface area contributed by atoms with E-state index in [-0.39, 0.29) is 0 Å². The highest BCUT2D eigenvalue weighted by molar-refractivity contribution is 7.09. The van der Waals surface area contributed by atoms with E-state index < -0.39 is 0 Å². The predicted molar refractivity (Wildman–Crippen MR) is 71.0 cm³/mol. The first-order chi connectivity index (χ1) is 7.74. The van der Waals surface area contributed by atoms with Gasteiger partial charge in [-0.15, -0.1) is 11.3 Å². The van der Waals surface area contributed by atoms with Crippen LogP contribution in [0.5, 0.6) is 0 Å². The van der Waals surface area contributed by atoms with E-state index in [9.17, 15) is 0 Å². The van der Waals surface area contributed by atoms with Gasteiger partial charge in [0.15, 0.2) is 0 Å².